The molecule has 1 aromatic rings. The van der Waals surface area contributed by atoms with E-state index >= 15 is 0 Å². The summed E-state index contributed by atoms with van der Waals surface area (Å²) in [7, 11) is -3.06. The van der Waals surface area contributed by atoms with Crippen molar-refractivity contribution in [2.45, 2.75) is 38.9 Å². The van der Waals surface area contributed by atoms with Crippen molar-refractivity contribution < 1.29 is 17.9 Å². The number of ether oxygens (including phenoxy) is 2. The number of sulfonamides is 1. The Balaban J connectivity index is 1.44. The number of aromatic nitrogens is 1. The first kappa shape index (κ1) is 17.8. The van der Waals surface area contributed by atoms with Crippen molar-refractivity contribution >= 4 is 10.0 Å². The molecule has 0 saturated carbocycles. The second kappa shape index (κ2) is 7.47. The topological polar surface area (TPSA) is 68.7 Å². The van der Waals surface area contributed by atoms with Gasteiger partial charge < -0.3 is 9.47 Å². The Kier molecular flexibility index (Phi) is 5.54. The highest BCUT2D eigenvalue weighted by atomic mass is 32.2. The second-order valence-electron chi connectivity index (χ2n) is 6.81. The zero-order chi connectivity index (χ0) is 17.0. The lowest BCUT2D eigenvalue weighted by molar-refractivity contribution is 0.00733. The van der Waals surface area contributed by atoms with Gasteiger partial charge in [0.25, 0.3) is 0 Å². The van der Waals surface area contributed by atoms with Gasteiger partial charge in [-0.15, -0.1) is 0 Å². The van der Waals surface area contributed by atoms with Crippen LogP contribution >= 0.6 is 0 Å². The standard InChI is InChI=1S/C17H26N2O4S/c1-2-24(20,21)19-9-5-17(6-10-19)11-16(23-14-17)13-22-12-15-3-7-18-8-4-15/h3-4,7-8,16H,2,5-6,9-14H2,1H3/t16-/m0/s1. The Morgan fingerprint density at radius 1 is 1.33 bits per heavy atom. The molecular weight excluding hydrogens is 328 g/mol. The zero-order valence-corrected chi connectivity index (χ0v) is 15.0. The fourth-order valence-corrected chi connectivity index (χ4v) is 4.66. The molecule has 0 bridgehead atoms. The number of piperidine rings is 1. The van der Waals surface area contributed by atoms with Crippen LogP contribution in [-0.4, -0.2) is 55.9 Å². The van der Waals surface area contributed by atoms with Crippen molar-refractivity contribution in [3.05, 3.63) is 30.1 Å². The van der Waals surface area contributed by atoms with Gasteiger partial charge >= 0.3 is 0 Å². The Morgan fingerprint density at radius 3 is 2.71 bits per heavy atom. The molecule has 0 amide bonds. The smallest absolute Gasteiger partial charge is 0.213 e. The SMILES string of the molecule is CCS(=O)(=O)N1CCC2(CC1)CO[C@H](COCc1ccncc1)C2. The summed E-state index contributed by atoms with van der Waals surface area (Å²) in [4.78, 5) is 3.99. The molecule has 1 aromatic heterocycles. The van der Waals surface area contributed by atoms with Crippen LogP contribution in [0.3, 0.4) is 0 Å². The second-order valence-corrected chi connectivity index (χ2v) is 9.06. The molecule has 0 radical (unpaired) electrons. The molecule has 2 saturated heterocycles. The van der Waals surface area contributed by atoms with Gasteiger partial charge in [0, 0.05) is 25.5 Å². The molecule has 2 fully saturated rings. The maximum Gasteiger partial charge on any atom is 0.213 e. The van der Waals surface area contributed by atoms with Crippen LogP contribution in [0, 0.1) is 5.41 Å². The highest BCUT2D eigenvalue weighted by Crippen LogP contribution is 2.42. The minimum atomic E-state index is -3.06. The highest BCUT2D eigenvalue weighted by Gasteiger charge is 2.43. The van der Waals surface area contributed by atoms with Crippen molar-refractivity contribution in [3.63, 3.8) is 0 Å². The summed E-state index contributed by atoms with van der Waals surface area (Å²) in [6.45, 7) is 4.80. The Hall–Kier alpha value is -1.02. The Morgan fingerprint density at radius 2 is 2.04 bits per heavy atom. The van der Waals surface area contributed by atoms with Gasteiger partial charge in [-0.25, -0.2) is 12.7 Å². The van der Waals surface area contributed by atoms with Gasteiger partial charge in [-0.1, -0.05) is 0 Å². The molecule has 134 valence electrons. The van der Waals surface area contributed by atoms with Gasteiger partial charge in [0.15, 0.2) is 0 Å². The van der Waals surface area contributed by atoms with Gasteiger partial charge in [-0.3, -0.25) is 4.98 Å². The molecular formula is C17H26N2O4S. The average molecular weight is 354 g/mol. The van der Waals surface area contributed by atoms with Crippen LogP contribution in [0.4, 0.5) is 0 Å². The van der Waals surface area contributed by atoms with E-state index in [1.54, 1.807) is 23.6 Å². The maximum absolute atomic E-state index is 12.0. The summed E-state index contributed by atoms with van der Waals surface area (Å²) >= 11 is 0. The fourth-order valence-electron chi connectivity index (χ4n) is 3.56. The molecule has 0 unspecified atom stereocenters. The summed E-state index contributed by atoms with van der Waals surface area (Å²) in [5.41, 5.74) is 1.24. The summed E-state index contributed by atoms with van der Waals surface area (Å²) in [6, 6.07) is 3.89. The van der Waals surface area contributed by atoms with E-state index in [4.69, 9.17) is 9.47 Å². The van der Waals surface area contributed by atoms with E-state index in [9.17, 15) is 8.42 Å². The van der Waals surface area contributed by atoms with Gasteiger partial charge in [-0.05, 0) is 49.3 Å². The Labute approximate surface area is 144 Å². The molecule has 0 N–H and O–H groups in total. The molecule has 24 heavy (non-hydrogen) atoms. The van der Waals surface area contributed by atoms with Gasteiger partial charge in [-0.2, -0.15) is 0 Å². The lowest BCUT2D eigenvalue weighted by Gasteiger charge is -2.37. The first-order valence-electron chi connectivity index (χ1n) is 8.59. The maximum atomic E-state index is 12.0. The molecule has 0 aliphatic carbocycles. The normalized spacial score (nSPS) is 24.5. The van der Waals surface area contributed by atoms with Gasteiger partial charge in [0.2, 0.25) is 10.0 Å². The largest absolute Gasteiger partial charge is 0.375 e. The zero-order valence-electron chi connectivity index (χ0n) is 14.2. The van der Waals surface area contributed by atoms with E-state index in [1.165, 1.54) is 0 Å². The van der Waals surface area contributed by atoms with Crippen LogP contribution in [0.5, 0.6) is 0 Å². The first-order valence-corrected chi connectivity index (χ1v) is 10.2. The number of nitrogens with zero attached hydrogens (tertiary/aromatic N) is 2. The van der Waals surface area contributed by atoms with Crippen molar-refractivity contribution in [1.82, 2.24) is 9.29 Å². The average Bonchev–Trinajstić information content (AvgIpc) is 2.99. The molecule has 1 atom stereocenters. The van der Waals surface area contributed by atoms with Crippen LogP contribution < -0.4 is 0 Å². The van der Waals surface area contributed by atoms with Gasteiger partial charge in [0.05, 0.1) is 31.7 Å². The van der Waals surface area contributed by atoms with E-state index in [2.05, 4.69) is 4.98 Å². The van der Waals surface area contributed by atoms with Crippen LogP contribution in [0.1, 0.15) is 31.7 Å². The minimum Gasteiger partial charge on any atom is -0.375 e. The van der Waals surface area contributed by atoms with Gasteiger partial charge in [0.1, 0.15) is 0 Å². The summed E-state index contributed by atoms with van der Waals surface area (Å²) in [6.07, 6.45) is 6.36. The number of hydrogen-bond donors (Lipinski definition) is 0. The summed E-state index contributed by atoms with van der Waals surface area (Å²) in [5, 5.41) is 0. The molecule has 1 spiro atoms. The quantitative estimate of drug-likeness (QED) is 0.779. The molecule has 0 aromatic carbocycles. The predicted octanol–water partition coefficient (Wildman–Crippen LogP) is 1.82. The van der Waals surface area contributed by atoms with Crippen LogP contribution in [0.15, 0.2) is 24.5 Å². The van der Waals surface area contributed by atoms with E-state index in [-0.39, 0.29) is 17.3 Å². The summed E-state index contributed by atoms with van der Waals surface area (Å²) in [5.74, 6) is 0.183. The number of hydrogen-bond acceptors (Lipinski definition) is 5. The lowest BCUT2D eigenvalue weighted by Crippen LogP contribution is -2.44. The summed E-state index contributed by atoms with van der Waals surface area (Å²) < 4.78 is 37.3. The van der Waals surface area contributed by atoms with Crippen LogP contribution in [0.25, 0.3) is 0 Å². The van der Waals surface area contributed by atoms with E-state index in [0.717, 1.165) is 31.4 Å². The van der Waals surface area contributed by atoms with E-state index < -0.39 is 10.0 Å². The van der Waals surface area contributed by atoms with Crippen LogP contribution in [-0.2, 0) is 26.1 Å². The number of rotatable bonds is 6. The Bertz CT molecular complexity index is 627. The van der Waals surface area contributed by atoms with E-state index in [1.807, 2.05) is 12.1 Å². The highest BCUT2D eigenvalue weighted by molar-refractivity contribution is 7.89. The number of pyridine rings is 1. The van der Waals surface area contributed by atoms with Crippen LogP contribution in [0.2, 0.25) is 0 Å². The lowest BCUT2D eigenvalue weighted by atomic mass is 9.77. The van der Waals surface area contributed by atoms with Crippen molar-refractivity contribution in [3.8, 4) is 0 Å². The molecule has 3 rings (SSSR count). The molecule has 3 heterocycles. The third kappa shape index (κ3) is 4.14. The minimum absolute atomic E-state index is 0.112. The van der Waals surface area contributed by atoms with Crippen molar-refractivity contribution in [1.29, 1.82) is 0 Å². The van der Waals surface area contributed by atoms with Crippen molar-refractivity contribution in [2.75, 3.05) is 32.1 Å². The predicted molar refractivity (Wildman–Crippen MR) is 91.0 cm³/mol. The molecule has 6 nitrogen and oxygen atoms in total. The van der Waals surface area contributed by atoms with E-state index in [0.29, 0.717) is 26.3 Å². The molecule has 7 heteroatoms. The third-order valence-electron chi connectivity index (χ3n) is 5.15. The van der Waals surface area contributed by atoms with Crippen molar-refractivity contribution in [2.24, 2.45) is 5.41 Å². The fraction of sp³-hybridized carbons (Fsp3) is 0.706. The monoisotopic (exact) mass is 354 g/mol. The molecule has 2 aliphatic heterocycles. The third-order valence-corrected chi connectivity index (χ3v) is 7.03. The molecule has 2 aliphatic rings. The first-order chi connectivity index (χ1) is 11.5.